The predicted octanol–water partition coefficient (Wildman–Crippen LogP) is 1.63. The van der Waals surface area contributed by atoms with Gasteiger partial charge in [-0.3, -0.25) is 4.79 Å². The van der Waals surface area contributed by atoms with Crippen molar-refractivity contribution < 1.29 is 13.2 Å². The van der Waals surface area contributed by atoms with Gasteiger partial charge in [0.1, 0.15) is 0 Å². The fourth-order valence-corrected chi connectivity index (χ4v) is 2.88. The first-order valence-corrected chi connectivity index (χ1v) is 7.78. The van der Waals surface area contributed by atoms with Crippen LogP contribution < -0.4 is 10.5 Å². The summed E-state index contributed by atoms with van der Waals surface area (Å²) >= 11 is 0. The molecule has 0 saturated heterocycles. The van der Waals surface area contributed by atoms with Crippen molar-refractivity contribution in [2.75, 3.05) is 5.32 Å². The number of carbonyl (C=O) groups excluding carboxylic acids is 1. The Bertz CT molecular complexity index is 606. The van der Waals surface area contributed by atoms with Crippen LogP contribution in [-0.2, 0) is 14.8 Å². The summed E-state index contributed by atoms with van der Waals surface area (Å²) in [5.41, 5.74) is 1.13. The second-order valence-electron chi connectivity index (χ2n) is 5.14. The first-order valence-electron chi connectivity index (χ1n) is 6.23. The highest BCUT2D eigenvalue weighted by Gasteiger charge is 2.32. The summed E-state index contributed by atoms with van der Waals surface area (Å²) in [6.07, 6.45) is 2.22. The van der Waals surface area contributed by atoms with E-state index in [1.807, 2.05) is 6.92 Å². The molecule has 1 unspecified atom stereocenters. The van der Waals surface area contributed by atoms with Gasteiger partial charge in [-0.2, -0.15) is 0 Å². The molecule has 6 heteroatoms. The van der Waals surface area contributed by atoms with Crippen LogP contribution in [-0.4, -0.2) is 14.3 Å². The van der Waals surface area contributed by atoms with Crippen molar-refractivity contribution in [2.24, 2.45) is 17.0 Å². The van der Waals surface area contributed by atoms with Gasteiger partial charge in [0.05, 0.1) is 4.90 Å². The number of anilines is 1. The second-order valence-corrected chi connectivity index (χ2v) is 6.67. The number of carbonyl (C=O) groups is 1. The molecule has 1 saturated carbocycles. The van der Waals surface area contributed by atoms with Gasteiger partial charge in [0.25, 0.3) is 0 Å². The van der Waals surface area contributed by atoms with Crippen LogP contribution in [0.3, 0.4) is 0 Å². The highest BCUT2D eigenvalue weighted by atomic mass is 32.2. The quantitative estimate of drug-likeness (QED) is 0.879. The summed E-state index contributed by atoms with van der Waals surface area (Å²) in [7, 11) is -3.71. The van der Waals surface area contributed by atoms with Crippen molar-refractivity contribution in [3.05, 3.63) is 23.8 Å². The molecule has 104 valence electrons. The Morgan fingerprint density at radius 3 is 2.53 bits per heavy atom. The second kappa shape index (κ2) is 4.94. The Hall–Kier alpha value is -1.40. The molecule has 1 atom stereocenters. The molecule has 1 aromatic carbocycles. The molecular formula is C13H18N2O3S. The van der Waals surface area contributed by atoms with Gasteiger partial charge in [-0.25, -0.2) is 13.6 Å². The molecule has 5 nitrogen and oxygen atoms in total. The molecule has 19 heavy (non-hydrogen) atoms. The zero-order valence-electron chi connectivity index (χ0n) is 11.0. The van der Waals surface area contributed by atoms with Crippen molar-refractivity contribution in [1.29, 1.82) is 0 Å². The van der Waals surface area contributed by atoms with Crippen molar-refractivity contribution in [2.45, 2.75) is 31.6 Å². The Kier molecular flexibility index (Phi) is 3.64. The van der Waals surface area contributed by atoms with Crippen LogP contribution in [0.1, 0.15) is 25.3 Å². The SMILES string of the molecule is Cc1cc(NC(=O)C(C)C2CC2)ccc1S(N)(=O)=O. The fraction of sp³-hybridized carbons (Fsp3) is 0.462. The van der Waals surface area contributed by atoms with Crippen LogP contribution in [0.15, 0.2) is 23.1 Å². The minimum atomic E-state index is -3.71. The van der Waals surface area contributed by atoms with E-state index in [2.05, 4.69) is 5.32 Å². The van der Waals surface area contributed by atoms with Gasteiger partial charge in [-0.05, 0) is 49.4 Å². The van der Waals surface area contributed by atoms with Crippen LogP contribution in [0.5, 0.6) is 0 Å². The molecular weight excluding hydrogens is 264 g/mol. The third-order valence-electron chi connectivity index (χ3n) is 3.49. The fourth-order valence-electron chi connectivity index (χ4n) is 2.11. The maximum atomic E-state index is 11.9. The zero-order valence-corrected chi connectivity index (χ0v) is 11.8. The molecule has 3 N–H and O–H groups in total. The van der Waals surface area contributed by atoms with E-state index in [0.29, 0.717) is 17.2 Å². The van der Waals surface area contributed by atoms with Crippen LogP contribution in [0.4, 0.5) is 5.69 Å². The van der Waals surface area contributed by atoms with E-state index in [1.165, 1.54) is 6.07 Å². The molecule has 1 aliphatic rings. The van der Waals surface area contributed by atoms with Gasteiger partial charge in [0.15, 0.2) is 0 Å². The van der Waals surface area contributed by atoms with Gasteiger partial charge in [0.2, 0.25) is 15.9 Å². The molecule has 1 aromatic rings. The minimum Gasteiger partial charge on any atom is -0.326 e. The summed E-state index contributed by atoms with van der Waals surface area (Å²) in [5.74, 6) is 0.466. The van der Waals surface area contributed by atoms with Crippen LogP contribution in [0.25, 0.3) is 0 Å². The predicted molar refractivity (Wildman–Crippen MR) is 73.1 cm³/mol. The summed E-state index contributed by atoms with van der Waals surface area (Å²) in [6, 6.07) is 4.60. The molecule has 0 spiro atoms. The van der Waals surface area contributed by atoms with Gasteiger partial charge in [-0.1, -0.05) is 6.92 Å². The monoisotopic (exact) mass is 282 g/mol. The molecule has 2 rings (SSSR count). The number of amides is 1. The Balaban J connectivity index is 2.14. The van der Waals surface area contributed by atoms with E-state index in [9.17, 15) is 13.2 Å². The van der Waals surface area contributed by atoms with Crippen molar-refractivity contribution in [3.63, 3.8) is 0 Å². The van der Waals surface area contributed by atoms with Crippen molar-refractivity contribution in [3.8, 4) is 0 Å². The molecule has 0 heterocycles. The number of hydrogen-bond acceptors (Lipinski definition) is 3. The van der Waals surface area contributed by atoms with Crippen LogP contribution in [0, 0.1) is 18.8 Å². The number of hydrogen-bond donors (Lipinski definition) is 2. The summed E-state index contributed by atoms with van der Waals surface area (Å²) in [4.78, 5) is 12.0. The third-order valence-corrected chi connectivity index (χ3v) is 4.56. The first-order chi connectivity index (χ1) is 8.79. The molecule has 1 amide bonds. The molecule has 0 bridgehead atoms. The van der Waals surface area contributed by atoms with Gasteiger partial charge >= 0.3 is 0 Å². The smallest absolute Gasteiger partial charge is 0.238 e. The number of rotatable bonds is 4. The Morgan fingerprint density at radius 2 is 2.05 bits per heavy atom. The zero-order chi connectivity index (χ0) is 14.2. The lowest BCUT2D eigenvalue weighted by Gasteiger charge is -2.12. The molecule has 0 aliphatic heterocycles. The van der Waals surface area contributed by atoms with Crippen molar-refractivity contribution in [1.82, 2.24) is 0 Å². The number of benzene rings is 1. The standard InChI is InChI=1S/C13H18N2O3S/c1-8-7-11(5-6-12(8)19(14,17)18)15-13(16)9(2)10-3-4-10/h5-7,9-10H,3-4H2,1-2H3,(H,15,16)(H2,14,17,18). The highest BCUT2D eigenvalue weighted by molar-refractivity contribution is 7.89. The number of nitrogens with two attached hydrogens (primary N) is 1. The van der Waals surface area contributed by atoms with Crippen LogP contribution >= 0.6 is 0 Å². The van der Waals surface area contributed by atoms with Gasteiger partial charge in [0, 0.05) is 11.6 Å². The third kappa shape index (κ3) is 3.33. The lowest BCUT2D eigenvalue weighted by Crippen LogP contribution is -2.22. The van der Waals surface area contributed by atoms with E-state index in [0.717, 1.165) is 12.8 Å². The molecule has 0 aromatic heterocycles. The van der Waals surface area contributed by atoms with E-state index >= 15 is 0 Å². The summed E-state index contributed by atoms with van der Waals surface area (Å²) < 4.78 is 22.6. The Morgan fingerprint density at radius 1 is 1.42 bits per heavy atom. The largest absolute Gasteiger partial charge is 0.326 e. The van der Waals surface area contributed by atoms with Gasteiger partial charge in [-0.15, -0.1) is 0 Å². The molecule has 0 radical (unpaired) electrons. The number of sulfonamides is 1. The molecule has 1 aliphatic carbocycles. The maximum Gasteiger partial charge on any atom is 0.238 e. The average molecular weight is 282 g/mol. The Labute approximate surface area is 113 Å². The lowest BCUT2D eigenvalue weighted by molar-refractivity contribution is -0.119. The molecule has 1 fully saturated rings. The van der Waals surface area contributed by atoms with Crippen molar-refractivity contribution >= 4 is 21.6 Å². The maximum absolute atomic E-state index is 11.9. The van der Waals surface area contributed by atoms with E-state index < -0.39 is 10.0 Å². The number of nitrogens with one attached hydrogen (secondary N) is 1. The minimum absolute atomic E-state index is 0.00164. The van der Waals surface area contributed by atoms with E-state index in [-0.39, 0.29) is 16.7 Å². The topological polar surface area (TPSA) is 89.3 Å². The number of aryl methyl sites for hydroxylation is 1. The lowest BCUT2D eigenvalue weighted by atomic mass is 10.1. The first kappa shape index (κ1) is 14.0. The average Bonchev–Trinajstić information content (AvgIpc) is 3.09. The normalized spacial score (nSPS) is 17.0. The highest BCUT2D eigenvalue weighted by Crippen LogP contribution is 2.37. The number of primary sulfonamides is 1. The van der Waals surface area contributed by atoms with E-state index in [4.69, 9.17) is 5.14 Å². The summed E-state index contributed by atoms with van der Waals surface area (Å²) in [5, 5.41) is 7.90. The summed E-state index contributed by atoms with van der Waals surface area (Å²) in [6.45, 7) is 3.57. The van der Waals surface area contributed by atoms with E-state index in [1.54, 1.807) is 19.1 Å². The van der Waals surface area contributed by atoms with Crippen LogP contribution in [0.2, 0.25) is 0 Å². The van der Waals surface area contributed by atoms with Gasteiger partial charge < -0.3 is 5.32 Å².